The van der Waals surface area contributed by atoms with Gasteiger partial charge in [0.2, 0.25) is 0 Å². The molecule has 124 valence electrons. The Labute approximate surface area is 122 Å². The molecule has 0 amide bonds. The van der Waals surface area contributed by atoms with Crippen molar-refractivity contribution in [2.24, 2.45) is 11.8 Å². The highest BCUT2D eigenvalue weighted by atomic mass is 32.2. The lowest BCUT2D eigenvalue weighted by Gasteiger charge is -2.36. The summed E-state index contributed by atoms with van der Waals surface area (Å²) in [5, 5.41) is 9.61. The molecule has 2 heterocycles. The van der Waals surface area contributed by atoms with Crippen LogP contribution in [0, 0.1) is 11.8 Å². The van der Waals surface area contributed by atoms with Crippen molar-refractivity contribution in [2.75, 3.05) is 26.2 Å². The molecular formula is C12H21F3N2O3S. The molecule has 2 rings (SSSR count). The zero-order valence-electron chi connectivity index (χ0n) is 12.1. The van der Waals surface area contributed by atoms with E-state index in [2.05, 4.69) is 0 Å². The molecule has 0 saturated carbocycles. The number of β-amino-alcohol motifs (C(OH)–C–C–N with tert-alkyl or cyclic N) is 1. The fourth-order valence-electron chi connectivity index (χ4n) is 3.15. The second-order valence-electron chi connectivity index (χ2n) is 6.38. The predicted octanol–water partition coefficient (Wildman–Crippen LogP) is 1.21. The van der Waals surface area contributed by atoms with Crippen LogP contribution in [0.25, 0.3) is 0 Å². The Balaban J connectivity index is 2.15. The van der Waals surface area contributed by atoms with Crippen molar-refractivity contribution in [1.82, 2.24) is 8.61 Å². The summed E-state index contributed by atoms with van der Waals surface area (Å²) in [6.07, 6.45) is -4.53. The minimum atomic E-state index is -4.82. The van der Waals surface area contributed by atoms with E-state index in [1.807, 2.05) is 13.8 Å². The Bertz CT molecular complexity index is 486. The Morgan fingerprint density at radius 1 is 1.14 bits per heavy atom. The summed E-state index contributed by atoms with van der Waals surface area (Å²) < 4.78 is 65.3. The summed E-state index contributed by atoms with van der Waals surface area (Å²) in [7, 11) is -3.95. The average molecular weight is 330 g/mol. The SMILES string of the molecule is C[C@@H]1C[C@H](C)CN(S(=O)(=O)N2CC[C@@](O)(C(F)(F)F)C2)C1. The van der Waals surface area contributed by atoms with E-state index < -0.39 is 35.0 Å². The number of alkyl halides is 3. The van der Waals surface area contributed by atoms with Gasteiger partial charge in [0.15, 0.2) is 5.60 Å². The van der Waals surface area contributed by atoms with E-state index in [-0.39, 0.29) is 18.4 Å². The molecule has 0 spiro atoms. The molecule has 0 aromatic heterocycles. The van der Waals surface area contributed by atoms with Gasteiger partial charge in [0.25, 0.3) is 10.2 Å². The van der Waals surface area contributed by atoms with Crippen molar-refractivity contribution in [3.63, 3.8) is 0 Å². The van der Waals surface area contributed by atoms with E-state index in [4.69, 9.17) is 0 Å². The highest BCUT2D eigenvalue weighted by molar-refractivity contribution is 7.86. The highest BCUT2D eigenvalue weighted by Gasteiger charge is 2.59. The largest absolute Gasteiger partial charge is 0.418 e. The Morgan fingerprint density at radius 2 is 1.67 bits per heavy atom. The second-order valence-corrected chi connectivity index (χ2v) is 8.31. The Morgan fingerprint density at radius 3 is 2.10 bits per heavy atom. The molecule has 1 N–H and O–H groups in total. The van der Waals surface area contributed by atoms with Crippen molar-refractivity contribution in [1.29, 1.82) is 0 Å². The monoisotopic (exact) mass is 330 g/mol. The van der Waals surface area contributed by atoms with Crippen LogP contribution in [-0.2, 0) is 10.2 Å². The van der Waals surface area contributed by atoms with E-state index >= 15 is 0 Å². The van der Waals surface area contributed by atoms with Gasteiger partial charge in [-0.2, -0.15) is 30.2 Å². The van der Waals surface area contributed by atoms with Crippen molar-refractivity contribution in [3.8, 4) is 0 Å². The number of rotatable bonds is 2. The van der Waals surface area contributed by atoms with Crippen molar-refractivity contribution >= 4 is 10.2 Å². The number of piperidine rings is 1. The Kier molecular flexibility index (Phi) is 4.34. The van der Waals surface area contributed by atoms with Gasteiger partial charge in [-0.05, 0) is 18.3 Å². The third-order valence-electron chi connectivity index (χ3n) is 4.23. The molecule has 2 fully saturated rings. The first-order valence-corrected chi connectivity index (χ1v) is 8.40. The van der Waals surface area contributed by atoms with Crippen LogP contribution in [0.4, 0.5) is 13.2 Å². The summed E-state index contributed by atoms with van der Waals surface area (Å²) in [6, 6.07) is 0. The summed E-state index contributed by atoms with van der Waals surface area (Å²) in [5.74, 6) is 0.347. The minimum absolute atomic E-state index is 0.174. The number of nitrogens with zero attached hydrogens (tertiary/aromatic N) is 2. The molecular weight excluding hydrogens is 309 g/mol. The van der Waals surface area contributed by atoms with Gasteiger partial charge in [0.1, 0.15) is 0 Å². The molecule has 2 aliphatic rings. The molecule has 0 aromatic rings. The van der Waals surface area contributed by atoms with E-state index in [1.54, 1.807) is 0 Å². The van der Waals surface area contributed by atoms with Crippen LogP contribution in [0.1, 0.15) is 26.7 Å². The number of aliphatic hydroxyl groups is 1. The summed E-state index contributed by atoms with van der Waals surface area (Å²) in [6.45, 7) is 3.25. The number of hydrogen-bond acceptors (Lipinski definition) is 3. The minimum Gasteiger partial charge on any atom is -0.379 e. The average Bonchev–Trinajstić information content (AvgIpc) is 2.72. The summed E-state index contributed by atoms with van der Waals surface area (Å²) in [5.41, 5.74) is -2.94. The molecule has 3 atom stereocenters. The van der Waals surface area contributed by atoms with Crippen LogP contribution in [0.3, 0.4) is 0 Å². The Hall–Kier alpha value is -0.380. The van der Waals surface area contributed by atoms with Gasteiger partial charge < -0.3 is 5.11 Å². The van der Waals surface area contributed by atoms with E-state index in [0.29, 0.717) is 13.1 Å². The van der Waals surface area contributed by atoms with Gasteiger partial charge in [-0.15, -0.1) is 0 Å². The van der Waals surface area contributed by atoms with Crippen molar-refractivity contribution in [2.45, 2.75) is 38.5 Å². The molecule has 5 nitrogen and oxygen atoms in total. The number of halogens is 3. The lowest BCUT2D eigenvalue weighted by Crippen LogP contribution is -2.52. The van der Waals surface area contributed by atoms with Crippen LogP contribution in [0.5, 0.6) is 0 Å². The molecule has 0 bridgehead atoms. The van der Waals surface area contributed by atoms with Gasteiger partial charge in [-0.3, -0.25) is 0 Å². The lowest BCUT2D eigenvalue weighted by atomic mass is 9.94. The highest BCUT2D eigenvalue weighted by Crippen LogP contribution is 2.39. The van der Waals surface area contributed by atoms with Gasteiger partial charge in [-0.25, -0.2) is 0 Å². The first kappa shape index (κ1) is 17.0. The molecule has 9 heteroatoms. The zero-order valence-corrected chi connectivity index (χ0v) is 12.9. The van der Waals surface area contributed by atoms with Crippen molar-refractivity contribution in [3.05, 3.63) is 0 Å². The lowest BCUT2D eigenvalue weighted by molar-refractivity contribution is -0.252. The molecule has 0 aliphatic carbocycles. The molecule has 0 radical (unpaired) electrons. The van der Waals surface area contributed by atoms with E-state index in [9.17, 15) is 26.7 Å². The molecule has 2 saturated heterocycles. The third kappa shape index (κ3) is 3.20. The number of hydrogen-bond donors (Lipinski definition) is 1. The van der Waals surface area contributed by atoms with Crippen LogP contribution in [0.2, 0.25) is 0 Å². The molecule has 2 aliphatic heterocycles. The quantitative estimate of drug-likeness (QED) is 0.828. The fraction of sp³-hybridized carbons (Fsp3) is 1.00. The smallest absolute Gasteiger partial charge is 0.379 e. The van der Waals surface area contributed by atoms with E-state index in [0.717, 1.165) is 10.7 Å². The van der Waals surface area contributed by atoms with Crippen LogP contribution < -0.4 is 0 Å². The maximum absolute atomic E-state index is 12.8. The standard InChI is InChI=1S/C12H21F3N2O3S/c1-9-5-10(2)7-17(6-9)21(19,20)16-4-3-11(18,8-16)12(13,14)15/h9-10,18H,3-8H2,1-2H3/t9-,10+,11-/m0/s1. The predicted molar refractivity (Wildman–Crippen MR) is 70.6 cm³/mol. The van der Waals surface area contributed by atoms with Crippen molar-refractivity contribution < 1.29 is 26.7 Å². The molecule has 0 aromatic carbocycles. The second kappa shape index (κ2) is 5.36. The molecule has 0 unspecified atom stereocenters. The van der Waals surface area contributed by atoms with Gasteiger partial charge >= 0.3 is 6.18 Å². The maximum Gasteiger partial charge on any atom is 0.418 e. The van der Waals surface area contributed by atoms with Crippen LogP contribution in [0.15, 0.2) is 0 Å². The van der Waals surface area contributed by atoms with Crippen LogP contribution >= 0.6 is 0 Å². The third-order valence-corrected chi connectivity index (χ3v) is 6.14. The first-order valence-electron chi connectivity index (χ1n) is 7.00. The van der Waals surface area contributed by atoms with Gasteiger partial charge in [0, 0.05) is 26.1 Å². The summed E-state index contributed by atoms with van der Waals surface area (Å²) >= 11 is 0. The maximum atomic E-state index is 12.8. The van der Waals surface area contributed by atoms with Gasteiger partial charge in [-0.1, -0.05) is 13.8 Å². The molecule has 21 heavy (non-hydrogen) atoms. The topological polar surface area (TPSA) is 60.9 Å². The normalized spacial score (nSPS) is 37.0. The van der Waals surface area contributed by atoms with E-state index in [1.165, 1.54) is 4.31 Å². The fourth-order valence-corrected chi connectivity index (χ4v) is 5.06. The first-order chi connectivity index (χ1) is 9.46. The van der Waals surface area contributed by atoms with Crippen LogP contribution in [-0.4, -0.2) is 60.1 Å². The summed E-state index contributed by atoms with van der Waals surface area (Å²) in [4.78, 5) is 0. The van der Waals surface area contributed by atoms with Gasteiger partial charge in [0.05, 0.1) is 6.54 Å². The zero-order chi connectivity index (χ0) is 16.1.